The van der Waals surface area contributed by atoms with Gasteiger partial charge < -0.3 is 14.4 Å². The highest BCUT2D eigenvalue weighted by molar-refractivity contribution is 5.39. The average molecular weight is 284 g/mol. The van der Waals surface area contributed by atoms with Crippen molar-refractivity contribution in [3.8, 4) is 5.75 Å². The lowest BCUT2D eigenvalue weighted by atomic mass is 10.0. The first-order valence-electron chi connectivity index (χ1n) is 7.75. The Morgan fingerprint density at radius 2 is 2.29 bits per heavy atom. The molecule has 0 radical (unpaired) electrons. The molecule has 0 bridgehead atoms. The van der Waals surface area contributed by atoms with E-state index in [2.05, 4.69) is 27.8 Å². The third kappa shape index (κ3) is 2.56. The maximum atomic E-state index is 10.4. The van der Waals surface area contributed by atoms with Gasteiger partial charge in [0.25, 0.3) is 0 Å². The molecule has 1 N–H and O–H groups in total. The molecule has 2 heterocycles. The van der Waals surface area contributed by atoms with E-state index >= 15 is 0 Å². The van der Waals surface area contributed by atoms with Crippen molar-refractivity contribution in [1.82, 2.24) is 9.55 Å². The number of aromatic nitrogens is 2. The van der Waals surface area contributed by atoms with E-state index in [9.17, 15) is 5.11 Å². The zero-order valence-corrected chi connectivity index (χ0v) is 12.0. The van der Waals surface area contributed by atoms with Gasteiger partial charge in [-0.3, -0.25) is 0 Å². The number of hydrogen-bond acceptors (Lipinski definition) is 3. The Bertz CT molecular complexity index is 646. The van der Waals surface area contributed by atoms with Crippen LogP contribution in [-0.2, 0) is 12.8 Å². The molecule has 0 saturated heterocycles. The van der Waals surface area contributed by atoms with Crippen LogP contribution < -0.4 is 4.74 Å². The van der Waals surface area contributed by atoms with Gasteiger partial charge in [0.1, 0.15) is 5.75 Å². The van der Waals surface area contributed by atoms with Gasteiger partial charge in [-0.1, -0.05) is 12.1 Å². The third-order valence-electron chi connectivity index (χ3n) is 4.44. The van der Waals surface area contributed by atoms with Gasteiger partial charge in [0.2, 0.25) is 0 Å². The molecule has 4 heteroatoms. The number of aryl methyl sites for hydroxylation is 1. The molecule has 21 heavy (non-hydrogen) atoms. The van der Waals surface area contributed by atoms with Crippen LogP contribution in [0.15, 0.2) is 30.7 Å². The molecule has 1 fully saturated rings. The third-order valence-corrected chi connectivity index (χ3v) is 4.44. The molecular weight excluding hydrogens is 264 g/mol. The van der Waals surface area contributed by atoms with Crippen LogP contribution in [0.3, 0.4) is 0 Å². The molecule has 1 aliphatic carbocycles. The Morgan fingerprint density at radius 3 is 3.14 bits per heavy atom. The number of benzene rings is 1. The van der Waals surface area contributed by atoms with Crippen molar-refractivity contribution < 1.29 is 9.84 Å². The van der Waals surface area contributed by atoms with Crippen LogP contribution in [0, 0.1) is 0 Å². The van der Waals surface area contributed by atoms with Crippen molar-refractivity contribution >= 4 is 0 Å². The molecule has 1 saturated carbocycles. The first-order valence-corrected chi connectivity index (χ1v) is 7.75. The van der Waals surface area contributed by atoms with Crippen LogP contribution in [0.1, 0.15) is 48.2 Å². The van der Waals surface area contributed by atoms with Gasteiger partial charge in [-0.25, -0.2) is 4.98 Å². The lowest BCUT2D eigenvalue weighted by molar-refractivity contribution is 0.158. The van der Waals surface area contributed by atoms with E-state index in [0.717, 1.165) is 37.3 Å². The largest absolute Gasteiger partial charge is 0.493 e. The SMILES string of the molecule is OC(CCc1ccc2c(c1)CCO2)c1cncn1C1CC1. The summed E-state index contributed by atoms with van der Waals surface area (Å²) in [6.07, 6.45) is 8.25. The summed E-state index contributed by atoms with van der Waals surface area (Å²) in [5, 5.41) is 10.4. The highest BCUT2D eigenvalue weighted by Gasteiger charge is 2.27. The number of ether oxygens (including phenoxy) is 1. The molecule has 110 valence electrons. The quantitative estimate of drug-likeness (QED) is 0.918. The summed E-state index contributed by atoms with van der Waals surface area (Å²) < 4.78 is 7.67. The standard InChI is InChI=1S/C17H20N2O2/c20-16(15-10-18-11-19(15)14-3-4-14)5-1-12-2-6-17-13(9-12)7-8-21-17/h2,6,9-11,14,16,20H,1,3-5,7-8H2. The van der Waals surface area contributed by atoms with Crippen LogP contribution in [0.4, 0.5) is 0 Å². The summed E-state index contributed by atoms with van der Waals surface area (Å²) in [7, 11) is 0. The summed E-state index contributed by atoms with van der Waals surface area (Å²) in [5.41, 5.74) is 3.53. The van der Waals surface area contributed by atoms with Crippen LogP contribution in [0.2, 0.25) is 0 Å². The topological polar surface area (TPSA) is 47.3 Å². The monoisotopic (exact) mass is 284 g/mol. The second kappa shape index (κ2) is 5.19. The van der Waals surface area contributed by atoms with Crippen LogP contribution >= 0.6 is 0 Å². The van der Waals surface area contributed by atoms with Gasteiger partial charge in [-0.05, 0) is 42.9 Å². The van der Waals surface area contributed by atoms with Crippen molar-refractivity contribution in [2.45, 2.75) is 44.2 Å². The molecule has 0 amide bonds. The van der Waals surface area contributed by atoms with Crippen LogP contribution in [0.25, 0.3) is 0 Å². The molecule has 1 aliphatic heterocycles. The second-order valence-corrected chi connectivity index (χ2v) is 6.05. The van der Waals surface area contributed by atoms with E-state index < -0.39 is 6.10 Å². The Balaban J connectivity index is 1.43. The number of imidazole rings is 1. The lowest BCUT2D eigenvalue weighted by Crippen LogP contribution is -2.07. The van der Waals surface area contributed by atoms with E-state index in [4.69, 9.17) is 4.74 Å². The Kier molecular flexibility index (Phi) is 3.19. The predicted molar refractivity (Wildman–Crippen MR) is 79.4 cm³/mol. The fourth-order valence-corrected chi connectivity index (χ4v) is 3.08. The minimum Gasteiger partial charge on any atom is -0.493 e. The minimum atomic E-state index is -0.433. The predicted octanol–water partition coefficient (Wildman–Crippen LogP) is 2.82. The van der Waals surface area contributed by atoms with Gasteiger partial charge in [0.15, 0.2) is 0 Å². The summed E-state index contributed by atoms with van der Waals surface area (Å²) >= 11 is 0. The molecular formula is C17H20N2O2. The van der Waals surface area contributed by atoms with Crippen molar-refractivity contribution in [1.29, 1.82) is 0 Å². The molecule has 4 rings (SSSR count). The van der Waals surface area contributed by atoms with E-state index in [1.165, 1.54) is 24.0 Å². The van der Waals surface area contributed by atoms with E-state index in [1.54, 1.807) is 6.20 Å². The number of hydrogen-bond donors (Lipinski definition) is 1. The van der Waals surface area contributed by atoms with Crippen LogP contribution in [-0.4, -0.2) is 21.3 Å². The molecule has 2 aromatic rings. The fraction of sp³-hybridized carbons (Fsp3) is 0.471. The highest BCUT2D eigenvalue weighted by Crippen LogP contribution is 2.37. The average Bonchev–Trinajstić information content (AvgIpc) is 3.04. The molecule has 1 unspecified atom stereocenters. The smallest absolute Gasteiger partial charge is 0.122 e. The molecule has 1 aromatic carbocycles. The summed E-state index contributed by atoms with van der Waals surface area (Å²) in [4.78, 5) is 4.19. The molecule has 1 aromatic heterocycles. The Morgan fingerprint density at radius 1 is 1.38 bits per heavy atom. The fourth-order valence-electron chi connectivity index (χ4n) is 3.08. The number of fused-ring (bicyclic) bond motifs is 1. The van der Waals surface area contributed by atoms with Gasteiger partial charge in [0.05, 0.1) is 30.9 Å². The maximum absolute atomic E-state index is 10.4. The number of rotatable bonds is 5. The van der Waals surface area contributed by atoms with Gasteiger partial charge in [0, 0.05) is 12.5 Å². The summed E-state index contributed by atoms with van der Waals surface area (Å²) in [6, 6.07) is 6.94. The minimum absolute atomic E-state index is 0.433. The molecule has 0 spiro atoms. The maximum Gasteiger partial charge on any atom is 0.122 e. The van der Waals surface area contributed by atoms with Crippen molar-refractivity contribution in [2.24, 2.45) is 0 Å². The normalized spacial score (nSPS) is 18.3. The molecule has 4 nitrogen and oxygen atoms in total. The van der Waals surface area contributed by atoms with Gasteiger partial charge >= 0.3 is 0 Å². The lowest BCUT2D eigenvalue weighted by Gasteiger charge is -2.13. The number of nitrogens with zero attached hydrogens (tertiary/aromatic N) is 2. The number of aliphatic hydroxyl groups is 1. The zero-order valence-electron chi connectivity index (χ0n) is 12.0. The van der Waals surface area contributed by atoms with E-state index in [1.807, 2.05) is 6.33 Å². The van der Waals surface area contributed by atoms with Crippen molar-refractivity contribution in [3.63, 3.8) is 0 Å². The number of aliphatic hydroxyl groups excluding tert-OH is 1. The second-order valence-electron chi connectivity index (χ2n) is 6.05. The Labute approximate surface area is 124 Å². The first-order chi connectivity index (χ1) is 10.3. The molecule has 1 atom stereocenters. The summed E-state index contributed by atoms with van der Waals surface area (Å²) in [5.74, 6) is 1.02. The zero-order chi connectivity index (χ0) is 14.2. The molecule has 2 aliphatic rings. The van der Waals surface area contributed by atoms with Crippen molar-refractivity contribution in [2.75, 3.05) is 6.61 Å². The van der Waals surface area contributed by atoms with Gasteiger partial charge in [-0.15, -0.1) is 0 Å². The Hall–Kier alpha value is -1.81. The van der Waals surface area contributed by atoms with Crippen LogP contribution in [0.5, 0.6) is 5.75 Å². The van der Waals surface area contributed by atoms with E-state index in [-0.39, 0.29) is 0 Å². The van der Waals surface area contributed by atoms with Gasteiger partial charge in [-0.2, -0.15) is 0 Å². The first kappa shape index (κ1) is 12.9. The van der Waals surface area contributed by atoms with Crippen molar-refractivity contribution in [3.05, 3.63) is 47.5 Å². The highest BCUT2D eigenvalue weighted by atomic mass is 16.5. The van der Waals surface area contributed by atoms with E-state index in [0.29, 0.717) is 6.04 Å². The summed E-state index contributed by atoms with van der Waals surface area (Å²) in [6.45, 7) is 0.794.